The van der Waals surface area contributed by atoms with Crippen LogP contribution in [-0.2, 0) is 10.0 Å². The first-order chi connectivity index (χ1) is 12.1. The quantitative estimate of drug-likeness (QED) is 0.708. The van der Waals surface area contributed by atoms with E-state index in [1.54, 1.807) is 49.3 Å². The topological polar surface area (TPSA) is 106 Å². The molecule has 0 aliphatic carbocycles. The van der Waals surface area contributed by atoms with Gasteiger partial charge in [-0.2, -0.15) is 0 Å². The number of furan rings is 1. The molecule has 7 nitrogen and oxygen atoms in total. The van der Waals surface area contributed by atoms with Gasteiger partial charge in [0.1, 0.15) is 5.58 Å². The van der Waals surface area contributed by atoms with Gasteiger partial charge >= 0.3 is 0 Å². The number of primary sulfonamides is 1. The lowest BCUT2D eigenvalue weighted by Crippen LogP contribution is -2.18. The van der Waals surface area contributed by atoms with Crippen LogP contribution in [0.1, 0.15) is 10.6 Å². The minimum absolute atomic E-state index is 0.0768. The first-order valence-corrected chi connectivity index (χ1v) is 9.42. The van der Waals surface area contributed by atoms with Gasteiger partial charge in [0.2, 0.25) is 10.0 Å². The second kappa shape index (κ2) is 6.64. The summed E-state index contributed by atoms with van der Waals surface area (Å²) in [5.74, 6) is -0.444. The summed E-state index contributed by atoms with van der Waals surface area (Å²) in [7, 11) is -0.364. The molecule has 26 heavy (non-hydrogen) atoms. The van der Waals surface area contributed by atoms with Crippen molar-refractivity contribution in [1.29, 1.82) is 0 Å². The molecule has 136 valence electrons. The molecule has 9 heteroatoms. The lowest BCUT2D eigenvalue weighted by Gasteiger charge is -2.18. The maximum absolute atomic E-state index is 12.6. The summed E-state index contributed by atoms with van der Waals surface area (Å²) in [6.07, 6.45) is 0. The van der Waals surface area contributed by atoms with Crippen LogP contribution in [0.15, 0.2) is 51.8 Å². The summed E-state index contributed by atoms with van der Waals surface area (Å²) in [6.45, 7) is 0. The van der Waals surface area contributed by atoms with E-state index in [1.807, 2.05) is 0 Å². The van der Waals surface area contributed by atoms with Gasteiger partial charge < -0.3 is 14.6 Å². The van der Waals surface area contributed by atoms with Crippen LogP contribution in [0.5, 0.6) is 0 Å². The molecule has 3 aromatic rings. The molecule has 0 unspecified atom stereocenters. The molecule has 2 aromatic carbocycles. The van der Waals surface area contributed by atoms with Crippen molar-refractivity contribution in [2.45, 2.75) is 4.90 Å². The minimum atomic E-state index is -3.90. The fraction of sp³-hybridized carbons (Fsp3) is 0.118. The maximum atomic E-state index is 12.6. The average molecular weight is 394 g/mol. The number of sulfonamides is 1. The fourth-order valence-corrected chi connectivity index (χ4v) is 3.21. The highest BCUT2D eigenvalue weighted by Gasteiger charge is 2.18. The third kappa shape index (κ3) is 3.67. The predicted molar refractivity (Wildman–Crippen MR) is 101 cm³/mol. The largest absolute Gasteiger partial charge is 0.451 e. The van der Waals surface area contributed by atoms with Crippen molar-refractivity contribution >= 4 is 49.9 Å². The average Bonchev–Trinajstić information content (AvgIpc) is 2.96. The van der Waals surface area contributed by atoms with Crippen LogP contribution >= 0.6 is 11.6 Å². The first kappa shape index (κ1) is 18.2. The molecular weight excluding hydrogens is 378 g/mol. The number of benzene rings is 2. The maximum Gasteiger partial charge on any atom is 0.291 e. The highest BCUT2D eigenvalue weighted by atomic mass is 35.5. The van der Waals surface area contributed by atoms with Gasteiger partial charge in [0.05, 0.1) is 16.3 Å². The van der Waals surface area contributed by atoms with E-state index in [0.29, 0.717) is 27.4 Å². The van der Waals surface area contributed by atoms with Crippen molar-refractivity contribution in [3.05, 3.63) is 53.2 Å². The molecule has 3 N–H and O–H groups in total. The predicted octanol–water partition coefficient (Wildman–Crippen LogP) is 3.05. The molecule has 1 amide bonds. The SMILES string of the molecule is CN(C)c1ccc(S(N)(=O)=O)cc1NC(=O)c1cc2cc(Cl)ccc2o1. The second-order valence-corrected chi connectivity index (χ2v) is 7.86. The number of fused-ring (bicyclic) bond motifs is 1. The fourth-order valence-electron chi connectivity index (χ4n) is 2.49. The van der Waals surface area contributed by atoms with Crippen molar-refractivity contribution in [1.82, 2.24) is 0 Å². The Morgan fingerprint density at radius 3 is 2.54 bits per heavy atom. The summed E-state index contributed by atoms with van der Waals surface area (Å²) in [5.41, 5.74) is 1.43. The van der Waals surface area contributed by atoms with Gasteiger partial charge in [-0.25, -0.2) is 13.6 Å². The number of nitrogens with one attached hydrogen (secondary N) is 1. The molecule has 0 fully saturated rings. The van der Waals surface area contributed by atoms with Crippen molar-refractivity contribution in [2.75, 3.05) is 24.3 Å². The van der Waals surface area contributed by atoms with Gasteiger partial charge in [-0.15, -0.1) is 0 Å². The van der Waals surface area contributed by atoms with E-state index in [0.717, 1.165) is 0 Å². The van der Waals surface area contributed by atoms with Crippen LogP contribution in [-0.4, -0.2) is 28.4 Å². The Morgan fingerprint density at radius 2 is 1.88 bits per heavy atom. The number of hydrogen-bond donors (Lipinski definition) is 2. The Bertz CT molecular complexity index is 1110. The van der Waals surface area contributed by atoms with Crippen LogP contribution in [0.25, 0.3) is 11.0 Å². The normalized spacial score (nSPS) is 11.5. The number of rotatable bonds is 4. The summed E-state index contributed by atoms with van der Waals surface area (Å²) < 4.78 is 28.7. The Hall–Kier alpha value is -2.55. The minimum Gasteiger partial charge on any atom is -0.451 e. The van der Waals surface area contributed by atoms with Crippen LogP contribution in [0.3, 0.4) is 0 Å². The molecule has 0 spiro atoms. The molecule has 0 aliphatic heterocycles. The van der Waals surface area contributed by atoms with Crippen molar-refractivity contribution < 1.29 is 17.6 Å². The molecule has 3 rings (SSSR count). The van der Waals surface area contributed by atoms with Gasteiger partial charge in [-0.05, 0) is 42.5 Å². The number of carbonyl (C=O) groups is 1. The molecule has 0 aliphatic rings. The Kier molecular flexibility index (Phi) is 4.66. The Balaban J connectivity index is 1.99. The number of halogens is 1. The monoisotopic (exact) mass is 393 g/mol. The Labute approximate surface area is 155 Å². The van der Waals surface area contributed by atoms with Crippen LogP contribution in [0.4, 0.5) is 11.4 Å². The zero-order chi connectivity index (χ0) is 19.1. The summed E-state index contributed by atoms with van der Waals surface area (Å²) in [5, 5.41) is 9.06. The first-order valence-electron chi connectivity index (χ1n) is 7.50. The lowest BCUT2D eigenvalue weighted by atomic mass is 10.2. The van der Waals surface area contributed by atoms with Crippen LogP contribution in [0.2, 0.25) is 5.02 Å². The molecule has 0 saturated heterocycles. The lowest BCUT2D eigenvalue weighted by molar-refractivity contribution is 0.0998. The van der Waals surface area contributed by atoms with Gasteiger partial charge in [-0.3, -0.25) is 4.79 Å². The molecule has 0 saturated carbocycles. The molecule has 0 bridgehead atoms. The second-order valence-electron chi connectivity index (χ2n) is 5.87. The van der Waals surface area contributed by atoms with Gasteiger partial charge in [0.25, 0.3) is 5.91 Å². The highest BCUT2D eigenvalue weighted by molar-refractivity contribution is 7.89. The number of carbonyl (C=O) groups excluding carboxylic acids is 1. The van der Waals surface area contributed by atoms with Crippen molar-refractivity contribution in [3.8, 4) is 0 Å². The van der Waals surface area contributed by atoms with Crippen molar-refractivity contribution in [3.63, 3.8) is 0 Å². The van der Waals surface area contributed by atoms with Crippen molar-refractivity contribution in [2.24, 2.45) is 5.14 Å². The number of nitrogens with zero attached hydrogens (tertiary/aromatic N) is 1. The highest BCUT2D eigenvalue weighted by Crippen LogP contribution is 2.29. The molecule has 1 heterocycles. The van der Waals surface area contributed by atoms with Gasteiger partial charge in [0, 0.05) is 24.5 Å². The molecular formula is C17H16ClN3O4S. The van der Waals surface area contributed by atoms with Crippen LogP contribution in [0, 0.1) is 0 Å². The van der Waals surface area contributed by atoms with E-state index in [4.69, 9.17) is 21.2 Å². The van der Waals surface area contributed by atoms with E-state index in [1.165, 1.54) is 12.1 Å². The zero-order valence-corrected chi connectivity index (χ0v) is 15.6. The van der Waals surface area contributed by atoms with E-state index >= 15 is 0 Å². The van der Waals surface area contributed by atoms with E-state index < -0.39 is 15.9 Å². The number of anilines is 2. The summed E-state index contributed by atoms with van der Waals surface area (Å²) >= 11 is 5.94. The molecule has 1 aromatic heterocycles. The van der Waals surface area contributed by atoms with E-state index in [9.17, 15) is 13.2 Å². The third-order valence-electron chi connectivity index (χ3n) is 3.73. The molecule has 0 radical (unpaired) electrons. The van der Waals surface area contributed by atoms with E-state index in [-0.39, 0.29) is 10.7 Å². The Morgan fingerprint density at radius 1 is 1.15 bits per heavy atom. The van der Waals surface area contributed by atoms with Gasteiger partial charge in [0.15, 0.2) is 5.76 Å². The summed E-state index contributed by atoms with van der Waals surface area (Å²) in [6, 6.07) is 10.8. The third-order valence-corrected chi connectivity index (χ3v) is 4.87. The van der Waals surface area contributed by atoms with E-state index in [2.05, 4.69) is 5.32 Å². The van der Waals surface area contributed by atoms with Crippen LogP contribution < -0.4 is 15.4 Å². The van der Waals surface area contributed by atoms with Gasteiger partial charge in [-0.1, -0.05) is 11.6 Å². The number of nitrogens with two attached hydrogens (primary N) is 1. The number of amides is 1. The molecule has 0 atom stereocenters. The standard InChI is InChI=1S/C17H16ClN3O4S/c1-21(2)14-5-4-12(26(19,23)24)9-13(14)20-17(22)16-8-10-7-11(18)3-6-15(10)25-16/h3-9H,1-2H3,(H,20,22)(H2,19,23,24). The number of hydrogen-bond acceptors (Lipinski definition) is 5. The summed E-state index contributed by atoms with van der Waals surface area (Å²) in [4.78, 5) is 14.2. The zero-order valence-electron chi connectivity index (χ0n) is 14.0. The smallest absolute Gasteiger partial charge is 0.291 e.